The predicted octanol–water partition coefficient (Wildman–Crippen LogP) is 3.19. The molecule has 3 heterocycles. The summed E-state index contributed by atoms with van der Waals surface area (Å²) in [6, 6.07) is 14.4. The quantitative estimate of drug-likeness (QED) is 0.454. The second-order valence-electron chi connectivity index (χ2n) is 7.20. The van der Waals surface area contributed by atoms with E-state index < -0.39 is 12.0 Å². The molecule has 0 aliphatic heterocycles. The average Bonchev–Trinajstić information content (AvgIpc) is 3.34. The molecule has 0 spiro atoms. The summed E-state index contributed by atoms with van der Waals surface area (Å²) in [7, 11) is 0. The average molecular weight is 399 g/mol. The number of furan rings is 1. The number of aliphatic carboxylic acids is 1. The Kier molecular flexibility index (Phi) is 4.35. The van der Waals surface area contributed by atoms with E-state index in [4.69, 9.17) is 4.42 Å². The van der Waals surface area contributed by atoms with Crippen LogP contribution in [-0.2, 0) is 17.6 Å². The molecule has 0 aliphatic carbocycles. The third-order valence-corrected chi connectivity index (χ3v) is 5.28. The van der Waals surface area contributed by atoms with Crippen LogP contribution in [0.15, 0.2) is 59.1 Å². The topological polar surface area (TPSA) is 107 Å². The van der Waals surface area contributed by atoms with Crippen LogP contribution in [0.3, 0.4) is 0 Å². The fraction of sp³-hybridized carbons (Fsp3) is 0.174. The van der Waals surface area contributed by atoms with Crippen LogP contribution in [0.1, 0.15) is 18.3 Å². The van der Waals surface area contributed by atoms with E-state index in [9.17, 15) is 9.90 Å². The van der Waals surface area contributed by atoms with Crippen LogP contribution in [0, 0.1) is 0 Å². The van der Waals surface area contributed by atoms with Crippen LogP contribution < -0.4 is 10.4 Å². The molecule has 0 saturated heterocycles. The van der Waals surface area contributed by atoms with Gasteiger partial charge in [0.05, 0.1) is 12.0 Å². The highest BCUT2D eigenvalue weighted by molar-refractivity contribution is 6.05. The molecule has 7 heteroatoms. The van der Waals surface area contributed by atoms with Crippen LogP contribution in [-0.4, -0.2) is 27.0 Å². The van der Waals surface area contributed by atoms with Gasteiger partial charge in [-0.2, -0.15) is 0 Å². The van der Waals surface area contributed by atoms with Gasteiger partial charge in [0.15, 0.2) is 11.4 Å². The third kappa shape index (κ3) is 3.04. The number of hydrogen-bond donors (Lipinski definition) is 2. The summed E-state index contributed by atoms with van der Waals surface area (Å²) in [6.07, 6.45) is 2.68. The molecule has 1 atom stereocenters. The monoisotopic (exact) mass is 399 g/mol. The Morgan fingerprint density at radius 2 is 1.90 bits per heavy atom. The summed E-state index contributed by atoms with van der Waals surface area (Å²) >= 11 is 0. The fourth-order valence-corrected chi connectivity index (χ4v) is 3.77. The molecule has 0 fully saturated rings. The molecule has 2 aromatic carbocycles. The van der Waals surface area contributed by atoms with Gasteiger partial charge in [-0.05, 0) is 23.8 Å². The van der Waals surface area contributed by atoms with Gasteiger partial charge < -0.3 is 24.6 Å². The third-order valence-electron chi connectivity index (χ3n) is 5.28. The van der Waals surface area contributed by atoms with E-state index >= 15 is 0 Å². The van der Waals surface area contributed by atoms with Gasteiger partial charge in [-0.1, -0.05) is 37.3 Å². The Bertz CT molecular complexity index is 1390. The number of carbonyl (C=O) groups excluding carboxylic acids is 1. The van der Waals surface area contributed by atoms with Crippen LogP contribution >= 0.6 is 0 Å². The number of carboxylic acid groups (broad SMARTS) is 1. The van der Waals surface area contributed by atoms with Crippen molar-refractivity contribution in [2.75, 3.05) is 5.32 Å². The maximum atomic E-state index is 12.0. The van der Waals surface area contributed by atoms with Crippen LogP contribution in [0.2, 0.25) is 0 Å². The fourth-order valence-electron chi connectivity index (χ4n) is 3.77. The molecular weight excluding hydrogens is 380 g/mol. The molecular formula is C23H19N4O3-. The van der Waals surface area contributed by atoms with Crippen molar-refractivity contribution in [1.29, 1.82) is 0 Å². The maximum absolute atomic E-state index is 12.0. The van der Waals surface area contributed by atoms with Gasteiger partial charge >= 0.3 is 0 Å². The first kappa shape index (κ1) is 18.2. The first-order chi connectivity index (χ1) is 14.6. The molecule has 0 aliphatic rings. The Balaban J connectivity index is 1.57. The molecule has 0 saturated carbocycles. The highest BCUT2D eigenvalue weighted by Crippen LogP contribution is 2.32. The highest BCUT2D eigenvalue weighted by atomic mass is 16.4. The minimum absolute atomic E-state index is 0.236. The molecule has 150 valence electrons. The number of aromatic nitrogens is 3. The Morgan fingerprint density at radius 1 is 1.13 bits per heavy atom. The normalized spacial score (nSPS) is 12.6. The molecule has 0 unspecified atom stereocenters. The van der Waals surface area contributed by atoms with Crippen molar-refractivity contribution < 1.29 is 14.3 Å². The number of nitrogens with one attached hydrogen (secondary N) is 2. The number of carbonyl (C=O) groups is 1. The van der Waals surface area contributed by atoms with Crippen LogP contribution in [0.25, 0.3) is 33.0 Å². The number of hydrogen-bond acceptors (Lipinski definition) is 6. The SMILES string of the molecule is CCc1nc(N[C@@H](Cc2c[nH]c3ccccc23)C(=O)[O-])c2oc3ccccc3c2n1. The zero-order valence-electron chi connectivity index (χ0n) is 16.3. The second kappa shape index (κ2) is 7.18. The number of fused-ring (bicyclic) bond motifs is 4. The van der Waals surface area contributed by atoms with E-state index in [1.165, 1.54) is 0 Å². The number of H-pyrrole nitrogens is 1. The number of aryl methyl sites for hydroxylation is 1. The molecule has 0 radical (unpaired) electrons. The number of nitrogens with zero attached hydrogens (tertiary/aromatic N) is 2. The largest absolute Gasteiger partial charge is 0.548 e. The maximum Gasteiger partial charge on any atom is 0.196 e. The summed E-state index contributed by atoms with van der Waals surface area (Å²) in [5.41, 5.74) is 3.64. The van der Waals surface area contributed by atoms with Gasteiger partial charge in [0.2, 0.25) is 0 Å². The van der Waals surface area contributed by atoms with Gasteiger partial charge in [0.25, 0.3) is 0 Å². The van der Waals surface area contributed by atoms with E-state index in [0.29, 0.717) is 34.7 Å². The first-order valence-corrected chi connectivity index (χ1v) is 9.84. The van der Waals surface area contributed by atoms with Gasteiger partial charge in [-0.3, -0.25) is 0 Å². The molecule has 7 nitrogen and oxygen atoms in total. The standard InChI is InChI=1S/C23H20N4O3/c1-2-19-26-20-15-8-4-6-10-18(15)30-21(20)22(27-19)25-17(23(28)29)11-13-12-24-16-9-5-3-7-14(13)16/h3-10,12,17,24H,2,11H2,1H3,(H,28,29)(H,25,26,27)/p-1/t17-/m0/s1. The lowest BCUT2D eigenvalue weighted by Gasteiger charge is -2.20. The van der Waals surface area contributed by atoms with Gasteiger partial charge in [0, 0.05) is 35.3 Å². The molecule has 2 N–H and O–H groups in total. The molecule has 30 heavy (non-hydrogen) atoms. The summed E-state index contributed by atoms with van der Waals surface area (Å²) in [6.45, 7) is 1.95. The number of rotatable bonds is 6. The van der Waals surface area contributed by atoms with Crippen LogP contribution in [0.4, 0.5) is 5.82 Å². The summed E-state index contributed by atoms with van der Waals surface area (Å²) in [5.74, 6) is -0.232. The minimum atomic E-state index is -1.21. The second-order valence-corrected chi connectivity index (χ2v) is 7.20. The summed E-state index contributed by atoms with van der Waals surface area (Å²) in [5, 5.41) is 16.9. The Labute approximate surface area is 171 Å². The van der Waals surface area contributed by atoms with E-state index in [2.05, 4.69) is 20.3 Å². The van der Waals surface area contributed by atoms with E-state index in [1.807, 2.05) is 61.7 Å². The molecule has 3 aromatic heterocycles. The summed E-state index contributed by atoms with van der Waals surface area (Å²) < 4.78 is 5.96. The van der Waals surface area contributed by atoms with E-state index in [0.717, 1.165) is 21.9 Å². The Hall–Kier alpha value is -3.87. The lowest BCUT2D eigenvalue weighted by Crippen LogP contribution is -2.42. The van der Waals surface area contributed by atoms with Gasteiger partial charge in [-0.25, -0.2) is 9.97 Å². The number of anilines is 1. The van der Waals surface area contributed by atoms with Gasteiger partial charge in [0.1, 0.15) is 16.9 Å². The number of para-hydroxylation sites is 2. The number of aromatic amines is 1. The number of carboxylic acids is 1. The van der Waals surface area contributed by atoms with Crippen molar-refractivity contribution in [2.24, 2.45) is 0 Å². The molecule has 5 aromatic rings. The highest BCUT2D eigenvalue weighted by Gasteiger charge is 2.20. The number of benzene rings is 2. The van der Waals surface area contributed by atoms with Crippen molar-refractivity contribution in [1.82, 2.24) is 15.0 Å². The zero-order chi connectivity index (χ0) is 20.7. The Morgan fingerprint density at radius 3 is 2.70 bits per heavy atom. The molecule has 0 amide bonds. The van der Waals surface area contributed by atoms with Crippen molar-refractivity contribution in [3.8, 4) is 0 Å². The minimum Gasteiger partial charge on any atom is -0.548 e. The molecule has 0 bridgehead atoms. The zero-order valence-corrected chi connectivity index (χ0v) is 16.3. The van der Waals surface area contributed by atoms with E-state index in [-0.39, 0.29) is 6.42 Å². The van der Waals surface area contributed by atoms with E-state index in [1.54, 1.807) is 0 Å². The van der Waals surface area contributed by atoms with Crippen molar-refractivity contribution in [3.63, 3.8) is 0 Å². The van der Waals surface area contributed by atoms with Crippen molar-refractivity contribution >= 4 is 44.8 Å². The van der Waals surface area contributed by atoms with Crippen molar-refractivity contribution in [3.05, 3.63) is 66.1 Å². The smallest absolute Gasteiger partial charge is 0.196 e. The summed E-state index contributed by atoms with van der Waals surface area (Å²) in [4.78, 5) is 24.3. The lowest BCUT2D eigenvalue weighted by molar-refractivity contribution is -0.306. The lowest BCUT2D eigenvalue weighted by atomic mass is 10.0. The molecule has 5 rings (SSSR count). The van der Waals surface area contributed by atoms with Crippen molar-refractivity contribution in [2.45, 2.75) is 25.8 Å². The van der Waals surface area contributed by atoms with Gasteiger partial charge in [-0.15, -0.1) is 0 Å². The predicted molar refractivity (Wildman–Crippen MR) is 113 cm³/mol. The van der Waals surface area contributed by atoms with Crippen LogP contribution in [0.5, 0.6) is 0 Å². The first-order valence-electron chi connectivity index (χ1n) is 9.84.